The van der Waals surface area contributed by atoms with E-state index in [1.54, 1.807) is 35.6 Å². The van der Waals surface area contributed by atoms with Crippen molar-refractivity contribution < 1.29 is 19.1 Å². The third kappa shape index (κ3) is 10.4. The van der Waals surface area contributed by atoms with Gasteiger partial charge in [-0.05, 0) is 69.8 Å². The predicted molar refractivity (Wildman–Crippen MR) is 147 cm³/mol. The van der Waals surface area contributed by atoms with Crippen LogP contribution >= 0.6 is 11.3 Å². The number of nitrogens with zero attached hydrogens (tertiary/aromatic N) is 2. The van der Waals surface area contributed by atoms with Gasteiger partial charge in [0.15, 0.2) is 0 Å². The van der Waals surface area contributed by atoms with Crippen LogP contribution in [0, 0.1) is 0 Å². The summed E-state index contributed by atoms with van der Waals surface area (Å²) in [6.45, 7) is 10.6. The molecule has 1 aliphatic rings. The average molecular weight is 530 g/mol. The molecule has 0 unspecified atom stereocenters. The Kier molecular flexibility index (Phi) is 10.8. The second-order valence-electron chi connectivity index (χ2n) is 10.1. The SMILES string of the molecule is CC(C)(C)OC(=O)NCCCCCN1CCN(C(=O)Nc2cccc(C(=O)NCc3cccs3)c2)CC1. The molecular weight excluding hydrogens is 490 g/mol. The Morgan fingerprint density at radius 1 is 0.973 bits per heavy atom. The summed E-state index contributed by atoms with van der Waals surface area (Å²) in [5.74, 6) is -0.168. The van der Waals surface area contributed by atoms with Crippen molar-refractivity contribution >= 4 is 35.1 Å². The minimum Gasteiger partial charge on any atom is -0.444 e. The lowest BCUT2D eigenvalue weighted by atomic mass is 10.2. The van der Waals surface area contributed by atoms with Gasteiger partial charge in [-0.15, -0.1) is 11.3 Å². The molecule has 3 rings (SSSR count). The van der Waals surface area contributed by atoms with Crippen molar-refractivity contribution in [3.63, 3.8) is 0 Å². The van der Waals surface area contributed by atoms with Gasteiger partial charge in [-0.1, -0.05) is 18.6 Å². The standard InChI is InChI=1S/C27H39N5O4S/c1-27(2,3)36-26(35)28-12-5-4-6-13-31-14-16-32(17-15-31)25(34)30-22-10-7-9-21(19-22)24(33)29-20-23-11-8-18-37-23/h7-11,18-19H,4-6,12-17,20H2,1-3H3,(H,28,35)(H,29,33)(H,30,34). The Labute approximate surface area is 223 Å². The summed E-state index contributed by atoms with van der Waals surface area (Å²) in [7, 11) is 0. The fraction of sp³-hybridized carbons (Fsp3) is 0.519. The molecule has 0 atom stereocenters. The van der Waals surface area contributed by atoms with E-state index in [1.807, 2.05) is 43.2 Å². The van der Waals surface area contributed by atoms with Crippen molar-refractivity contribution in [2.24, 2.45) is 0 Å². The molecule has 2 aromatic rings. The van der Waals surface area contributed by atoms with Crippen molar-refractivity contribution in [2.75, 3.05) is 44.6 Å². The molecule has 0 bridgehead atoms. The molecule has 0 aliphatic carbocycles. The van der Waals surface area contributed by atoms with Crippen LogP contribution in [0.15, 0.2) is 41.8 Å². The molecular formula is C27H39N5O4S. The summed E-state index contributed by atoms with van der Waals surface area (Å²) in [5, 5.41) is 10.6. The minimum atomic E-state index is -0.478. The number of anilines is 1. The number of rotatable bonds is 10. The number of benzene rings is 1. The number of carbonyl (C=O) groups is 3. The molecule has 4 amide bonds. The van der Waals surface area contributed by atoms with Gasteiger partial charge in [0.1, 0.15) is 5.60 Å². The number of carbonyl (C=O) groups excluding carboxylic acids is 3. The molecule has 202 valence electrons. The summed E-state index contributed by atoms with van der Waals surface area (Å²) in [5.41, 5.74) is 0.644. The summed E-state index contributed by atoms with van der Waals surface area (Å²) in [4.78, 5) is 42.2. The lowest BCUT2D eigenvalue weighted by Gasteiger charge is -2.34. The zero-order chi connectivity index (χ0) is 26.7. The number of alkyl carbamates (subject to hydrolysis) is 1. The van der Waals surface area contributed by atoms with Gasteiger partial charge in [-0.3, -0.25) is 9.69 Å². The Hall–Kier alpha value is -3.11. The monoisotopic (exact) mass is 529 g/mol. The number of ether oxygens (including phenoxy) is 1. The topological polar surface area (TPSA) is 103 Å². The van der Waals surface area contributed by atoms with E-state index in [1.165, 1.54) is 0 Å². The van der Waals surface area contributed by atoms with E-state index >= 15 is 0 Å². The van der Waals surface area contributed by atoms with Crippen LogP contribution in [0.5, 0.6) is 0 Å². The van der Waals surface area contributed by atoms with Gasteiger partial charge < -0.3 is 25.6 Å². The van der Waals surface area contributed by atoms with Crippen molar-refractivity contribution in [1.82, 2.24) is 20.4 Å². The van der Waals surface area contributed by atoms with E-state index < -0.39 is 5.60 Å². The van der Waals surface area contributed by atoms with Crippen LogP contribution in [0.25, 0.3) is 0 Å². The van der Waals surface area contributed by atoms with E-state index in [9.17, 15) is 14.4 Å². The first kappa shape index (κ1) is 28.5. The first-order valence-corrected chi connectivity index (χ1v) is 13.7. The minimum absolute atomic E-state index is 0.149. The first-order valence-electron chi connectivity index (χ1n) is 12.9. The van der Waals surface area contributed by atoms with Gasteiger partial charge in [0.25, 0.3) is 5.91 Å². The molecule has 9 nitrogen and oxygen atoms in total. The summed E-state index contributed by atoms with van der Waals surface area (Å²) in [6.07, 6.45) is 2.61. The largest absolute Gasteiger partial charge is 0.444 e. The molecule has 37 heavy (non-hydrogen) atoms. The van der Waals surface area contributed by atoms with E-state index in [4.69, 9.17) is 4.74 Å². The highest BCUT2D eigenvalue weighted by atomic mass is 32.1. The fourth-order valence-electron chi connectivity index (χ4n) is 3.94. The zero-order valence-corrected chi connectivity index (χ0v) is 22.9. The van der Waals surface area contributed by atoms with Crippen LogP contribution in [-0.2, 0) is 11.3 Å². The second-order valence-corrected chi connectivity index (χ2v) is 11.1. The number of piperazine rings is 1. The predicted octanol–water partition coefficient (Wildman–Crippen LogP) is 4.52. The Morgan fingerprint density at radius 3 is 2.46 bits per heavy atom. The number of thiophene rings is 1. The maximum Gasteiger partial charge on any atom is 0.407 e. The molecule has 1 aliphatic heterocycles. The quantitative estimate of drug-likeness (QED) is 0.393. The van der Waals surface area contributed by atoms with E-state index in [0.29, 0.717) is 37.4 Å². The van der Waals surface area contributed by atoms with Gasteiger partial charge >= 0.3 is 12.1 Å². The van der Waals surface area contributed by atoms with Crippen LogP contribution in [0.4, 0.5) is 15.3 Å². The van der Waals surface area contributed by atoms with Crippen LogP contribution in [0.1, 0.15) is 55.3 Å². The highest BCUT2D eigenvalue weighted by molar-refractivity contribution is 7.09. The van der Waals surface area contributed by atoms with Gasteiger partial charge in [0.2, 0.25) is 0 Å². The summed E-state index contributed by atoms with van der Waals surface area (Å²) >= 11 is 1.60. The highest BCUT2D eigenvalue weighted by Crippen LogP contribution is 2.14. The maximum atomic E-state index is 12.8. The van der Waals surface area contributed by atoms with E-state index in [-0.39, 0.29) is 18.0 Å². The lowest BCUT2D eigenvalue weighted by molar-refractivity contribution is 0.0526. The third-order valence-electron chi connectivity index (χ3n) is 5.86. The number of hydrogen-bond donors (Lipinski definition) is 3. The van der Waals surface area contributed by atoms with Crippen LogP contribution in [0.2, 0.25) is 0 Å². The van der Waals surface area contributed by atoms with Crippen LogP contribution in [-0.4, -0.2) is 72.7 Å². The molecule has 0 spiro atoms. The van der Waals surface area contributed by atoms with Gasteiger partial charge in [-0.25, -0.2) is 9.59 Å². The summed E-state index contributed by atoms with van der Waals surface area (Å²) < 4.78 is 5.23. The zero-order valence-electron chi connectivity index (χ0n) is 22.0. The summed E-state index contributed by atoms with van der Waals surface area (Å²) in [6, 6.07) is 10.8. The highest BCUT2D eigenvalue weighted by Gasteiger charge is 2.21. The Bertz CT molecular complexity index is 1010. The second kappa shape index (κ2) is 14.0. The molecule has 0 saturated carbocycles. The van der Waals surface area contributed by atoms with Crippen molar-refractivity contribution in [3.8, 4) is 0 Å². The molecule has 1 saturated heterocycles. The molecule has 3 N–H and O–H groups in total. The molecule has 2 heterocycles. The lowest BCUT2D eigenvalue weighted by Crippen LogP contribution is -2.50. The fourth-order valence-corrected chi connectivity index (χ4v) is 4.58. The smallest absolute Gasteiger partial charge is 0.407 e. The van der Waals surface area contributed by atoms with Crippen LogP contribution < -0.4 is 16.0 Å². The number of nitrogens with one attached hydrogen (secondary N) is 3. The van der Waals surface area contributed by atoms with Gasteiger partial charge in [-0.2, -0.15) is 0 Å². The molecule has 10 heteroatoms. The van der Waals surface area contributed by atoms with Gasteiger partial charge in [0.05, 0.1) is 6.54 Å². The molecule has 1 aromatic carbocycles. The molecule has 1 aromatic heterocycles. The number of amides is 4. The number of hydrogen-bond acceptors (Lipinski definition) is 6. The first-order chi connectivity index (χ1) is 17.7. The van der Waals surface area contributed by atoms with E-state index in [0.717, 1.165) is 43.8 Å². The Morgan fingerprint density at radius 2 is 1.76 bits per heavy atom. The van der Waals surface area contributed by atoms with Crippen molar-refractivity contribution in [2.45, 2.75) is 52.2 Å². The van der Waals surface area contributed by atoms with Crippen LogP contribution in [0.3, 0.4) is 0 Å². The third-order valence-corrected chi connectivity index (χ3v) is 6.73. The maximum absolute atomic E-state index is 12.8. The normalized spacial score (nSPS) is 14.2. The number of urea groups is 1. The Balaban J connectivity index is 1.31. The van der Waals surface area contributed by atoms with Gasteiger partial charge in [0, 0.05) is 48.9 Å². The van der Waals surface area contributed by atoms with Crippen molar-refractivity contribution in [3.05, 3.63) is 52.2 Å². The average Bonchev–Trinajstić information content (AvgIpc) is 3.38. The van der Waals surface area contributed by atoms with Crippen molar-refractivity contribution in [1.29, 1.82) is 0 Å². The molecule has 0 radical (unpaired) electrons. The van der Waals surface area contributed by atoms with E-state index in [2.05, 4.69) is 20.9 Å². The molecule has 1 fully saturated rings. The number of unbranched alkanes of at least 4 members (excludes halogenated alkanes) is 2.